The summed E-state index contributed by atoms with van der Waals surface area (Å²) >= 11 is 0. The van der Waals surface area contributed by atoms with Crippen molar-refractivity contribution in [1.82, 2.24) is 0 Å². The maximum atomic E-state index is 9.51. The average molecular weight is 374 g/mol. The van der Waals surface area contributed by atoms with Crippen LogP contribution in [0.15, 0.2) is 68.6 Å². The Morgan fingerprint density at radius 1 is 0.500 bits per heavy atom. The summed E-state index contributed by atoms with van der Waals surface area (Å²) in [5.41, 5.74) is 0.935. The lowest BCUT2D eigenvalue weighted by molar-refractivity contribution is 0.220. The first kappa shape index (κ1) is 19.9. The molecule has 0 saturated heterocycles. The van der Waals surface area contributed by atoms with E-state index < -0.39 is 0 Å². The quantitative estimate of drug-likeness (QED) is 0.717. The molecule has 8 nitrogen and oxygen atoms in total. The maximum absolute atomic E-state index is 9.51. The molecule has 0 saturated carbocycles. The largest absolute Gasteiger partial charge is 0.491 e. The van der Waals surface area contributed by atoms with Crippen LogP contribution in [0.2, 0.25) is 0 Å². The zero-order valence-corrected chi connectivity index (χ0v) is 15.6. The van der Waals surface area contributed by atoms with Crippen LogP contribution < -0.4 is 0 Å². The van der Waals surface area contributed by atoms with E-state index in [0.717, 1.165) is 0 Å². The van der Waals surface area contributed by atoms with Gasteiger partial charge < -0.3 is 18.9 Å². The molecular formula is C20H14N4O4. The van der Waals surface area contributed by atoms with Gasteiger partial charge in [0.05, 0.1) is 28.4 Å². The van der Waals surface area contributed by atoms with Crippen molar-refractivity contribution in [3.63, 3.8) is 0 Å². The van der Waals surface area contributed by atoms with Crippen molar-refractivity contribution in [1.29, 1.82) is 21.0 Å². The minimum Gasteiger partial charge on any atom is -0.491 e. The highest BCUT2D eigenvalue weighted by molar-refractivity contribution is 5.73. The summed E-state index contributed by atoms with van der Waals surface area (Å²) in [6.45, 7) is 0. The van der Waals surface area contributed by atoms with Crippen LogP contribution in [-0.2, 0) is 18.9 Å². The highest BCUT2D eigenvalue weighted by atomic mass is 16.5. The fourth-order valence-electron chi connectivity index (χ4n) is 2.92. The van der Waals surface area contributed by atoms with Crippen molar-refractivity contribution in [2.24, 2.45) is 0 Å². The molecule has 0 bridgehead atoms. The van der Waals surface area contributed by atoms with E-state index in [1.165, 1.54) is 40.6 Å². The molecule has 2 aliphatic rings. The molecule has 28 heavy (non-hydrogen) atoms. The summed E-state index contributed by atoms with van der Waals surface area (Å²) in [6, 6.07) is 7.96. The standard InChI is InChI=1S/C20H14N4O4/c1-25-17-13(7-21)11(14(8-22)18(17)26-2)5-6-12-15(9-23)19(27-3)20(28-4)16(12)10-24/h5-6H,1-4H3. The van der Waals surface area contributed by atoms with E-state index in [-0.39, 0.29) is 56.5 Å². The molecule has 138 valence electrons. The van der Waals surface area contributed by atoms with E-state index in [1.54, 1.807) is 0 Å². The summed E-state index contributed by atoms with van der Waals surface area (Å²) < 4.78 is 20.8. The van der Waals surface area contributed by atoms with Crippen LogP contribution in [0.4, 0.5) is 0 Å². The predicted molar refractivity (Wildman–Crippen MR) is 94.8 cm³/mol. The molecular weight excluding hydrogens is 360 g/mol. The minimum absolute atomic E-state index is 0.106. The van der Waals surface area contributed by atoms with Crippen molar-refractivity contribution < 1.29 is 18.9 Å². The van der Waals surface area contributed by atoms with Gasteiger partial charge in [-0.25, -0.2) is 0 Å². The topological polar surface area (TPSA) is 132 Å². The number of hydrogen-bond donors (Lipinski definition) is 0. The number of methoxy groups -OCH3 is 4. The summed E-state index contributed by atoms with van der Waals surface area (Å²) in [4.78, 5) is 0. The van der Waals surface area contributed by atoms with E-state index >= 15 is 0 Å². The Hall–Kier alpha value is -4.40. The first-order chi connectivity index (χ1) is 13.6. The molecule has 0 N–H and O–H groups in total. The van der Waals surface area contributed by atoms with Gasteiger partial charge in [0.1, 0.15) is 46.6 Å². The Morgan fingerprint density at radius 2 is 0.714 bits per heavy atom. The molecule has 0 heterocycles. The van der Waals surface area contributed by atoms with E-state index in [9.17, 15) is 21.0 Å². The molecule has 0 amide bonds. The van der Waals surface area contributed by atoms with Crippen LogP contribution >= 0.6 is 0 Å². The first-order valence-electron chi connectivity index (χ1n) is 7.75. The molecule has 0 aromatic rings. The van der Waals surface area contributed by atoms with Gasteiger partial charge in [-0.1, -0.05) is 12.2 Å². The van der Waals surface area contributed by atoms with Gasteiger partial charge in [-0.2, -0.15) is 21.0 Å². The SMILES string of the molecule is COC1=C(C#N)C(=CC=C2C(C#N)=C(OC)C(OC)=C2C#N)C(C#N)=C1OC. The van der Waals surface area contributed by atoms with E-state index in [1.807, 2.05) is 24.3 Å². The molecule has 2 rings (SSSR count). The number of nitriles is 4. The molecule has 0 fully saturated rings. The van der Waals surface area contributed by atoms with Crippen molar-refractivity contribution in [2.75, 3.05) is 28.4 Å². The van der Waals surface area contributed by atoms with Crippen molar-refractivity contribution >= 4 is 0 Å². The average Bonchev–Trinajstić information content (AvgIpc) is 3.20. The second kappa shape index (κ2) is 8.32. The highest BCUT2D eigenvalue weighted by Gasteiger charge is 2.34. The van der Waals surface area contributed by atoms with Crippen LogP contribution in [0.3, 0.4) is 0 Å². The lowest BCUT2D eigenvalue weighted by Gasteiger charge is -2.05. The summed E-state index contributed by atoms with van der Waals surface area (Å²) in [7, 11) is 5.45. The van der Waals surface area contributed by atoms with E-state index in [4.69, 9.17) is 18.9 Å². The third kappa shape index (κ3) is 2.86. The van der Waals surface area contributed by atoms with Crippen molar-refractivity contribution in [3.8, 4) is 24.3 Å². The van der Waals surface area contributed by atoms with Gasteiger partial charge in [0.25, 0.3) is 0 Å². The van der Waals surface area contributed by atoms with E-state index in [2.05, 4.69) is 0 Å². The Bertz CT molecular complexity index is 919. The van der Waals surface area contributed by atoms with Crippen LogP contribution in [0.1, 0.15) is 0 Å². The molecule has 0 spiro atoms. The molecule has 8 heteroatoms. The zero-order chi connectivity index (χ0) is 20.8. The lowest BCUT2D eigenvalue weighted by Crippen LogP contribution is -1.94. The fraction of sp³-hybridized carbons (Fsp3) is 0.200. The van der Waals surface area contributed by atoms with Crippen LogP contribution in [0.5, 0.6) is 0 Å². The number of hydrogen-bond acceptors (Lipinski definition) is 8. The maximum Gasteiger partial charge on any atom is 0.180 e. The Kier molecular flexibility index (Phi) is 5.92. The second-order valence-corrected chi connectivity index (χ2v) is 5.24. The summed E-state index contributed by atoms with van der Waals surface area (Å²) in [5, 5.41) is 38.0. The highest BCUT2D eigenvalue weighted by Crippen LogP contribution is 2.40. The van der Waals surface area contributed by atoms with Gasteiger partial charge in [-0.15, -0.1) is 0 Å². The first-order valence-corrected chi connectivity index (χ1v) is 7.75. The molecule has 2 aliphatic carbocycles. The number of rotatable bonds is 5. The number of ether oxygens (including phenoxy) is 4. The van der Waals surface area contributed by atoms with Gasteiger partial charge >= 0.3 is 0 Å². The van der Waals surface area contributed by atoms with Gasteiger partial charge in [0, 0.05) is 11.1 Å². The number of allylic oxidation sites excluding steroid dienone is 8. The molecule has 0 aromatic heterocycles. The van der Waals surface area contributed by atoms with Crippen molar-refractivity contribution in [2.45, 2.75) is 0 Å². The third-order valence-electron chi connectivity index (χ3n) is 4.08. The fourth-order valence-corrected chi connectivity index (χ4v) is 2.92. The van der Waals surface area contributed by atoms with E-state index in [0.29, 0.717) is 0 Å². The summed E-state index contributed by atoms with van der Waals surface area (Å²) in [6.07, 6.45) is 2.91. The predicted octanol–water partition coefficient (Wildman–Crippen LogP) is 2.56. The van der Waals surface area contributed by atoms with Crippen molar-refractivity contribution in [3.05, 3.63) is 68.6 Å². The van der Waals surface area contributed by atoms with Crippen LogP contribution in [0.25, 0.3) is 0 Å². The minimum atomic E-state index is 0.106. The normalized spacial score (nSPS) is 15.7. The van der Waals surface area contributed by atoms with Crippen LogP contribution in [-0.4, -0.2) is 28.4 Å². The third-order valence-corrected chi connectivity index (χ3v) is 4.08. The molecule has 0 atom stereocenters. The van der Waals surface area contributed by atoms with Gasteiger partial charge in [0.15, 0.2) is 23.0 Å². The lowest BCUT2D eigenvalue weighted by atomic mass is 10.00. The number of nitrogens with zero attached hydrogens (tertiary/aromatic N) is 4. The Labute approximate surface area is 162 Å². The Balaban J connectivity index is 2.77. The second-order valence-electron chi connectivity index (χ2n) is 5.24. The molecule has 0 aliphatic heterocycles. The monoisotopic (exact) mass is 374 g/mol. The smallest absolute Gasteiger partial charge is 0.180 e. The molecule has 0 aromatic carbocycles. The Morgan fingerprint density at radius 3 is 0.857 bits per heavy atom. The van der Waals surface area contributed by atoms with Gasteiger partial charge in [-0.3, -0.25) is 0 Å². The van der Waals surface area contributed by atoms with Gasteiger partial charge in [-0.05, 0) is 0 Å². The summed E-state index contributed by atoms with van der Waals surface area (Å²) in [5.74, 6) is 0.555. The molecule has 0 unspecified atom stereocenters. The van der Waals surface area contributed by atoms with Crippen LogP contribution in [0, 0.1) is 45.3 Å². The van der Waals surface area contributed by atoms with Gasteiger partial charge in [0.2, 0.25) is 0 Å². The zero-order valence-electron chi connectivity index (χ0n) is 15.6. The molecule has 0 radical (unpaired) electrons.